The number of anilines is 1. The number of benzene rings is 1. The molecule has 0 bridgehead atoms. The van der Waals surface area contributed by atoms with Crippen LogP contribution >= 0.6 is 0 Å². The second kappa shape index (κ2) is 7.40. The van der Waals surface area contributed by atoms with Crippen molar-refractivity contribution in [3.63, 3.8) is 0 Å². The first-order valence-corrected chi connectivity index (χ1v) is 8.29. The Hall–Kier alpha value is -2.80. The normalized spacial score (nSPS) is 13.6. The Balaban J connectivity index is 1.71. The van der Waals surface area contributed by atoms with Gasteiger partial charge in [0.25, 0.3) is 0 Å². The quantitative estimate of drug-likeness (QED) is 0.717. The Labute approximate surface area is 145 Å². The highest BCUT2D eigenvalue weighted by Crippen LogP contribution is 2.21. The molecule has 0 aliphatic carbocycles. The first-order chi connectivity index (χ1) is 12.1. The molecule has 0 saturated carbocycles. The molecule has 25 heavy (non-hydrogen) atoms. The van der Waals surface area contributed by atoms with Gasteiger partial charge in [-0.05, 0) is 37.6 Å². The van der Waals surface area contributed by atoms with E-state index in [1.54, 1.807) is 13.1 Å². The summed E-state index contributed by atoms with van der Waals surface area (Å²) in [5.74, 6) is 0.944. The molecule has 0 radical (unpaired) electrons. The molecule has 2 atom stereocenters. The highest BCUT2D eigenvalue weighted by molar-refractivity contribution is 6.02. The van der Waals surface area contributed by atoms with Crippen molar-refractivity contribution < 1.29 is 9.32 Å². The van der Waals surface area contributed by atoms with Crippen LogP contribution in [-0.4, -0.2) is 27.1 Å². The number of aromatic nitrogens is 3. The van der Waals surface area contributed by atoms with Crippen molar-refractivity contribution in [2.45, 2.75) is 39.3 Å². The van der Waals surface area contributed by atoms with Crippen LogP contribution in [0.15, 0.2) is 41.1 Å². The van der Waals surface area contributed by atoms with Crippen LogP contribution in [0.2, 0.25) is 0 Å². The maximum Gasteiger partial charge on any atom is 0.241 e. The first-order valence-electron chi connectivity index (χ1n) is 8.29. The molecule has 1 aromatic carbocycles. The fourth-order valence-electron chi connectivity index (χ4n) is 2.66. The lowest BCUT2D eigenvalue weighted by atomic mass is 10.1. The number of hydrogen-bond acceptors (Lipinski definition) is 6. The molecule has 0 aliphatic rings. The fraction of sp³-hybridized carbons (Fsp3) is 0.333. The molecule has 7 heteroatoms. The van der Waals surface area contributed by atoms with Crippen molar-refractivity contribution in [2.75, 3.05) is 5.32 Å². The fourth-order valence-corrected chi connectivity index (χ4v) is 2.66. The summed E-state index contributed by atoms with van der Waals surface area (Å²) >= 11 is 0. The molecular formula is C18H21N5O2. The third-order valence-electron chi connectivity index (χ3n) is 4.01. The Morgan fingerprint density at radius 3 is 2.84 bits per heavy atom. The third-order valence-corrected chi connectivity index (χ3v) is 4.01. The minimum atomic E-state index is -0.421. The molecule has 2 unspecified atom stereocenters. The second-order valence-corrected chi connectivity index (χ2v) is 5.89. The van der Waals surface area contributed by atoms with Crippen molar-refractivity contribution in [1.82, 2.24) is 20.4 Å². The number of nitrogens with zero attached hydrogens (tertiary/aromatic N) is 3. The number of aryl methyl sites for hydroxylation is 1. The van der Waals surface area contributed by atoms with Gasteiger partial charge in [-0.2, -0.15) is 4.98 Å². The van der Waals surface area contributed by atoms with E-state index in [0.717, 1.165) is 23.0 Å². The molecule has 0 spiro atoms. The highest BCUT2D eigenvalue weighted by atomic mass is 16.5. The lowest BCUT2D eigenvalue weighted by molar-refractivity contribution is -0.118. The summed E-state index contributed by atoms with van der Waals surface area (Å²) < 4.78 is 5.02. The molecule has 0 aliphatic heterocycles. The number of pyridine rings is 1. The van der Waals surface area contributed by atoms with E-state index in [1.807, 2.05) is 44.2 Å². The van der Waals surface area contributed by atoms with E-state index in [0.29, 0.717) is 11.7 Å². The standard InChI is InChI=1S/C18H21N5O2/c1-4-14(17-21-12(3)25-23-17)20-11(2)18(24)22-16-9-5-8-15-13(16)7-6-10-19-15/h5-11,14,20H,4H2,1-3H3,(H,22,24). The van der Waals surface area contributed by atoms with Gasteiger partial charge in [-0.3, -0.25) is 15.1 Å². The van der Waals surface area contributed by atoms with Gasteiger partial charge in [0.2, 0.25) is 11.8 Å². The number of carbonyl (C=O) groups is 1. The SMILES string of the molecule is CCC(NC(C)C(=O)Nc1cccc2ncccc12)c1noc(C)n1. The average Bonchev–Trinajstić information content (AvgIpc) is 3.06. The molecule has 3 aromatic rings. The van der Waals surface area contributed by atoms with E-state index < -0.39 is 6.04 Å². The lowest BCUT2D eigenvalue weighted by Crippen LogP contribution is -2.40. The van der Waals surface area contributed by atoms with E-state index in [2.05, 4.69) is 25.8 Å². The number of nitrogens with one attached hydrogen (secondary N) is 2. The summed E-state index contributed by atoms with van der Waals surface area (Å²) in [6.07, 6.45) is 2.48. The van der Waals surface area contributed by atoms with Crippen molar-refractivity contribution >= 4 is 22.5 Å². The molecule has 3 rings (SSSR count). The smallest absolute Gasteiger partial charge is 0.241 e. The van der Waals surface area contributed by atoms with Crippen LogP contribution < -0.4 is 10.6 Å². The van der Waals surface area contributed by atoms with E-state index in [1.165, 1.54) is 0 Å². The van der Waals surface area contributed by atoms with Gasteiger partial charge >= 0.3 is 0 Å². The molecule has 2 aromatic heterocycles. The van der Waals surface area contributed by atoms with Crippen molar-refractivity contribution in [2.24, 2.45) is 0 Å². The van der Waals surface area contributed by atoms with Crippen LogP contribution in [0.4, 0.5) is 5.69 Å². The van der Waals surface area contributed by atoms with Crippen LogP contribution in [0.3, 0.4) is 0 Å². The minimum Gasteiger partial charge on any atom is -0.340 e. The molecule has 1 amide bonds. The second-order valence-electron chi connectivity index (χ2n) is 5.89. The topological polar surface area (TPSA) is 92.9 Å². The summed E-state index contributed by atoms with van der Waals surface area (Å²) in [5.41, 5.74) is 1.59. The molecule has 7 nitrogen and oxygen atoms in total. The van der Waals surface area contributed by atoms with Crippen LogP contribution in [-0.2, 0) is 4.79 Å². The minimum absolute atomic E-state index is 0.130. The number of carbonyl (C=O) groups excluding carboxylic acids is 1. The molecule has 130 valence electrons. The van der Waals surface area contributed by atoms with Gasteiger partial charge in [0.1, 0.15) is 0 Å². The Kier molecular flexibility index (Phi) is 5.04. The largest absolute Gasteiger partial charge is 0.340 e. The number of fused-ring (bicyclic) bond motifs is 1. The monoisotopic (exact) mass is 339 g/mol. The molecule has 2 N–H and O–H groups in total. The third kappa shape index (κ3) is 3.83. The van der Waals surface area contributed by atoms with Gasteiger partial charge in [-0.15, -0.1) is 0 Å². The van der Waals surface area contributed by atoms with Crippen LogP contribution in [0.1, 0.15) is 38.0 Å². The number of hydrogen-bond donors (Lipinski definition) is 2. The van der Waals surface area contributed by atoms with E-state index in [9.17, 15) is 4.79 Å². The van der Waals surface area contributed by atoms with Gasteiger partial charge < -0.3 is 9.84 Å². The molecule has 0 saturated heterocycles. The maximum atomic E-state index is 12.6. The Morgan fingerprint density at radius 2 is 2.12 bits per heavy atom. The van der Waals surface area contributed by atoms with Gasteiger partial charge in [0, 0.05) is 18.5 Å². The average molecular weight is 339 g/mol. The molecule has 0 fully saturated rings. The van der Waals surface area contributed by atoms with Crippen molar-refractivity contribution in [3.8, 4) is 0 Å². The van der Waals surface area contributed by atoms with E-state index in [4.69, 9.17) is 4.52 Å². The maximum absolute atomic E-state index is 12.6. The Bertz CT molecular complexity index is 871. The lowest BCUT2D eigenvalue weighted by Gasteiger charge is -2.19. The van der Waals surface area contributed by atoms with Gasteiger partial charge in [-0.1, -0.05) is 18.1 Å². The van der Waals surface area contributed by atoms with Crippen LogP contribution in [0.25, 0.3) is 10.9 Å². The van der Waals surface area contributed by atoms with Crippen LogP contribution in [0.5, 0.6) is 0 Å². The number of rotatable bonds is 6. The predicted octanol–water partition coefficient (Wildman–Crippen LogP) is 2.99. The molecule has 2 heterocycles. The van der Waals surface area contributed by atoms with E-state index >= 15 is 0 Å². The van der Waals surface area contributed by atoms with Crippen molar-refractivity contribution in [3.05, 3.63) is 48.2 Å². The van der Waals surface area contributed by atoms with Gasteiger partial charge in [-0.25, -0.2) is 0 Å². The van der Waals surface area contributed by atoms with E-state index in [-0.39, 0.29) is 11.9 Å². The van der Waals surface area contributed by atoms with Crippen LogP contribution in [0, 0.1) is 6.92 Å². The predicted molar refractivity (Wildman–Crippen MR) is 95.0 cm³/mol. The molecular weight excluding hydrogens is 318 g/mol. The Morgan fingerprint density at radius 1 is 1.28 bits per heavy atom. The number of amides is 1. The summed E-state index contributed by atoms with van der Waals surface area (Å²) in [6, 6.07) is 8.88. The first kappa shape index (κ1) is 17.0. The highest BCUT2D eigenvalue weighted by Gasteiger charge is 2.22. The van der Waals surface area contributed by atoms with Gasteiger partial charge in [0.15, 0.2) is 5.82 Å². The summed E-state index contributed by atoms with van der Waals surface area (Å²) in [6.45, 7) is 5.56. The zero-order valence-corrected chi connectivity index (χ0v) is 14.5. The zero-order chi connectivity index (χ0) is 17.8. The zero-order valence-electron chi connectivity index (χ0n) is 14.5. The summed E-state index contributed by atoms with van der Waals surface area (Å²) in [7, 11) is 0. The van der Waals surface area contributed by atoms with Gasteiger partial charge in [0.05, 0.1) is 23.3 Å². The summed E-state index contributed by atoms with van der Waals surface area (Å²) in [5, 5.41) is 11.1. The van der Waals surface area contributed by atoms with Crippen molar-refractivity contribution in [1.29, 1.82) is 0 Å². The summed E-state index contributed by atoms with van der Waals surface area (Å²) in [4.78, 5) is 21.1.